The molecule has 2 aromatic carbocycles. The Hall–Kier alpha value is -4.39. The van der Waals surface area contributed by atoms with Crippen LogP contribution in [-0.4, -0.2) is 30.6 Å². The molecule has 0 aliphatic heterocycles. The first-order chi connectivity index (χ1) is 16.5. The van der Waals surface area contributed by atoms with E-state index in [1.165, 1.54) is 13.0 Å². The zero-order chi connectivity index (χ0) is 24.3. The second-order valence-corrected chi connectivity index (χ2v) is 7.16. The average molecular weight is 459 g/mol. The average Bonchev–Trinajstić information content (AvgIpc) is 2.83. The summed E-state index contributed by atoms with van der Waals surface area (Å²) in [5.41, 5.74) is 2.61. The largest absolute Gasteiger partial charge is 0.493 e. The summed E-state index contributed by atoms with van der Waals surface area (Å²) in [5.74, 6) is 1.52. The van der Waals surface area contributed by atoms with Crippen molar-refractivity contribution >= 4 is 35.9 Å². The van der Waals surface area contributed by atoms with E-state index >= 15 is 0 Å². The van der Waals surface area contributed by atoms with Gasteiger partial charge in [0, 0.05) is 19.2 Å². The van der Waals surface area contributed by atoms with Crippen LogP contribution in [0.25, 0.3) is 18.2 Å². The van der Waals surface area contributed by atoms with Crippen molar-refractivity contribution < 1.29 is 23.8 Å². The fourth-order valence-corrected chi connectivity index (χ4v) is 3.02. The third-order valence-electron chi connectivity index (χ3n) is 4.55. The molecule has 1 aromatic heterocycles. The highest BCUT2D eigenvalue weighted by molar-refractivity contribution is 5.89. The minimum Gasteiger partial charge on any atom is -0.493 e. The van der Waals surface area contributed by atoms with Gasteiger partial charge in [-0.2, -0.15) is 0 Å². The van der Waals surface area contributed by atoms with Crippen molar-refractivity contribution in [3.63, 3.8) is 0 Å². The van der Waals surface area contributed by atoms with Crippen LogP contribution in [0.1, 0.15) is 30.5 Å². The number of amides is 1. The molecule has 0 unspecified atom stereocenters. The molecule has 174 valence electrons. The van der Waals surface area contributed by atoms with E-state index in [9.17, 15) is 9.59 Å². The summed E-state index contributed by atoms with van der Waals surface area (Å²) in [4.78, 5) is 27.5. The van der Waals surface area contributed by atoms with E-state index in [1.807, 2.05) is 43.3 Å². The minimum absolute atomic E-state index is 0.173. The lowest BCUT2D eigenvalue weighted by Gasteiger charge is -2.09. The van der Waals surface area contributed by atoms with E-state index < -0.39 is 5.97 Å². The summed E-state index contributed by atoms with van der Waals surface area (Å²) < 4.78 is 16.2. The van der Waals surface area contributed by atoms with Gasteiger partial charge in [0.05, 0.1) is 13.7 Å². The summed E-state index contributed by atoms with van der Waals surface area (Å²) in [5, 5.41) is 2.65. The highest BCUT2D eigenvalue weighted by Crippen LogP contribution is 2.28. The van der Waals surface area contributed by atoms with Crippen molar-refractivity contribution in [2.75, 3.05) is 19.0 Å². The first-order valence-corrected chi connectivity index (χ1v) is 10.7. The standard InChI is InChI=1S/C27H26N2O5/c1-4-33-24-13-9-21(17-25(24)32-3)10-14-27(31)34-23-11-7-20(8-12-23)5-6-22-15-16-28-26(18-22)29-19(2)30/h5-18H,4H2,1-3H3,(H,28,29,30)/b6-5+,14-10+. The van der Waals surface area contributed by atoms with Crippen molar-refractivity contribution in [1.82, 2.24) is 4.98 Å². The zero-order valence-corrected chi connectivity index (χ0v) is 19.3. The number of aromatic nitrogens is 1. The van der Waals surface area contributed by atoms with Crippen molar-refractivity contribution in [2.45, 2.75) is 13.8 Å². The predicted octanol–water partition coefficient (Wildman–Crippen LogP) is 5.24. The predicted molar refractivity (Wildman–Crippen MR) is 133 cm³/mol. The highest BCUT2D eigenvalue weighted by atomic mass is 16.5. The monoisotopic (exact) mass is 458 g/mol. The second-order valence-electron chi connectivity index (χ2n) is 7.16. The lowest BCUT2D eigenvalue weighted by Crippen LogP contribution is -2.07. The molecule has 0 aliphatic rings. The van der Waals surface area contributed by atoms with Crippen LogP contribution in [0.2, 0.25) is 0 Å². The van der Waals surface area contributed by atoms with E-state index in [0.717, 1.165) is 16.7 Å². The molecule has 1 N–H and O–H groups in total. The number of ether oxygens (including phenoxy) is 3. The smallest absolute Gasteiger partial charge is 0.336 e. The van der Waals surface area contributed by atoms with Crippen LogP contribution in [0.4, 0.5) is 5.82 Å². The van der Waals surface area contributed by atoms with Crippen molar-refractivity contribution in [3.05, 3.63) is 83.6 Å². The van der Waals surface area contributed by atoms with Crippen LogP contribution in [-0.2, 0) is 9.59 Å². The Morgan fingerprint density at radius 1 is 0.912 bits per heavy atom. The van der Waals surface area contributed by atoms with Gasteiger partial charge in [-0.25, -0.2) is 9.78 Å². The van der Waals surface area contributed by atoms with Gasteiger partial charge in [-0.1, -0.05) is 30.4 Å². The van der Waals surface area contributed by atoms with Crippen molar-refractivity contribution in [3.8, 4) is 17.2 Å². The molecule has 1 amide bonds. The molecule has 0 radical (unpaired) electrons. The Labute approximate surface area is 198 Å². The number of benzene rings is 2. The summed E-state index contributed by atoms with van der Waals surface area (Å²) in [6, 6.07) is 16.2. The van der Waals surface area contributed by atoms with Gasteiger partial charge in [0.25, 0.3) is 0 Å². The molecule has 0 saturated heterocycles. The number of rotatable bonds is 9. The van der Waals surface area contributed by atoms with Crippen molar-refractivity contribution in [2.24, 2.45) is 0 Å². The molecule has 0 saturated carbocycles. The molecule has 3 aromatic rings. The van der Waals surface area contributed by atoms with Crippen LogP contribution >= 0.6 is 0 Å². The zero-order valence-electron chi connectivity index (χ0n) is 19.3. The Balaban J connectivity index is 1.58. The Morgan fingerprint density at radius 2 is 1.62 bits per heavy atom. The molecule has 34 heavy (non-hydrogen) atoms. The number of esters is 1. The fourth-order valence-electron chi connectivity index (χ4n) is 3.02. The quantitative estimate of drug-likeness (QED) is 0.268. The summed E-state index contributed by atoms with van der Waals surface area (Å²) in [6.07, 6.45) is 8.46. The molecule has 0 atom stereocenters. The Bertz CT molecular complexity index is 1200. The second kappa shape index (κ2) is 12.0. The van der Waals surface area contributed by atoms with Gasteiger partial charge in [-0.3, -0.25) is 4.79 Å². The van der Waals surface area contributed by atoms with E-state index in [4.69, 9.17) is 14.2 Å². The van der Waals surface area contributed by atoms with Gasteiger partial charge in [0.15, 0.2) is 11.5 Å². The van der Waals surface area contributed by atoms with E-state index in [-0.39, 0.29) is 5.91 Å². The van der Waals surface area contributed by atoms with E-state index in [0.29, 0.717) is 29.7 Å². The summed E-state index contributed by atoms with van der Waals surface area (Å²) in [6.45, 7) is 3.87. The van der Waals surface area contributed by atoms with Crippen LogP contribution in [0, 0.1) is 0 Å². The molecule has 0 bridgehead atoms. The normalized spacial score (nSPS) is 10.9. The topological polar surface area (TPSA) is 86.8 Å². The number of pyridine rings is 1. The van der Waals surface area contributed by atoms with Gasteiger partial charge >= 0.3 is 5.97 Å². The number of hydrogen-bond donors (Lipinski definition) is 1. The first-order valence-electron chi connectivity index (χ1n) is 10.7. The molecular weight excluding hydrogens is 432 g/mol. The van der Waals surface area contributed by atoms with Crippen molar-refractivity contribution in [1.29, 1.82) is 0 Å². The van der Waals surface area contributed by atoms with E-state index in [1.54, 1.807) is 49.7 Å². The minimum atomic E-state index is -0.488. The van der Waals surface area contributed by atoms with E-state index in [2.05, 4.69) is 10.3 Å². The van der Waals surface area contributed by atoms with Crippen LogP contribution in [0.15, 0.2) is 66.9 Å². The number of hydrogen-bond acceptors (Lipinski definition) is 6. The Morgan fingerprint density at radius 3 is 2.32 bits per heavy atom. The number of nitrogens with zero attached hydrogens (tertiary/aromatic N) is 1. The molecule has 3 rings (SSSR count). The molecule has 0 spiro atoms. The number of nitrogens with one attached hydrogen (secondary N) is 1. The van der Waals surface area contributed by atoms with Gasteiger partial charge in [-0.15, -0.1) is 0 Å². The first kappa shape index (κ1) is 24.3. The maximum absolute atomic E-state index is 12.2. The molecule has 0 aliphatic carbocycles. The third-order valence-corrected chi connectivity index (χ3v) is 4.55. The maximum Gasteiger partial charge on any atom is 0.336 e. The lowest BCUT2D eigenvalue weighted by atomic mass is 10.1. The Kier molecular flexibility index (Phi) is 8.57. The molecule has 0 fully saturated rings. The SMILES string of the molecule is CCOc1ccc(/C=C/C(=O)Oc2ccc(/C=C/c3ccnc(NC(C)=O)c3)cc2)cc1OC. The molecule has 7 heteroatoms. The number of methoxy groups -OCH3 is 1. The van der Waals surface area contributed by atoms with Gasteiger partial charge in [0.1, 0.15) is 11.6 Å². The van der Waals surface area contributed by atoms with Gasteiger partial charge < -0.3 is 19.5 Å². The molecular formula is C27H26N2O5. The molecule has 1 heterocycles. The summed E-state index contributed by atoms with van der Waals surface area (Å²) in [7, 11) is 1.57. The number of carbonyl (C=O) groups is 2. The van der Waals surface area contributed by atoms with Gasteiger partial charge in [-0.05, 0) is 66.1 Å². The van der Waals surface area contributed by atoms with Crippen LogP contribution < -0.4 is 19.5 Å². The summed E-state index contributed by atoms with van der Waals surface area (Å²) >= 11 is 0. The molecule has 7 nitrogen and oxygen atoms in total. The highest BCUT2D eigenvalue weighted by Gasteiger charge is 2.05. The van der Waals surface area contributed by atoms with Crippen LogP contribution in [0.5, 0.6) is 17.2 Å². The lowest BCUT2D eigenvalue weighted by molar-refractivity contribution is -0.128. The van der Waals surface area contributed by atoms with Crippen LogP contribution in [0.3, 0.4) is 0 Å². The number of carbonyl (C=O) groups excluding carboxylic acids is 2. The maximum atomic E-state index is 12.2. The van der Waals surface area contributed by atoms with Gasteiger partial charge in [0.2, 0.25) is 5.91 Å². The third kappa shape index (κ3) is 7.34. The number of anilines is 1. The fraction of sp³-hybridized carbons (Fsp3) is 0.148.